The van der Waals surface area contributed by atoms with E-state index in [0.717, 1.165) is 37.7 Å². The first-order valence-corrected chi connectivity index (χ1v) is 6.16. The van der Waals surface area contributed by atoms with Crippen molar-refractivity contribution in [3.05, 3.63) is 0 Å². The van der Waals surface area contributed by atoms with Crippen LogP contribution < -0.4 is 0 Å². The summed E-state index contributed by atoms with van der Waals surface area (Å²) in [6.07, 6.45) is 2.82. The Labute approximate surface area is 95.8 Å². The van der Waals surface area contributed by atoms with Crippen molar-refractivity contribution in [1.82, 2.24) is 0 Å². The second-order valence-corrected chi connectivity index (χ2v) is 5.01. The van der Waals surface area contributed by atoms with Gasteiger partial charge in [-0.15, -0.1) is 0 Å². The molecule has 1 aliphatic carbocycles. The minimum atomic E-state index is 0.251. The lowest BCUT2D eigenvalue weighted by atomic mass is 9.73. The second kappa shape index (κ2) is 3.75. The maximum Gasteiger partial charge on any atom is 0.187 e. The molecule has 4 atom stereocenters. The number of nitrogens with zero attached hydrogens (tertiary/aromatic N) is 2. The molecular weight excluding hydrogens is 204 g/mol. The highest BCUT2D eigenvalue weighted by molar-refractivity contribution is 5.90. The number of aliphatic imine (C=N–C) groups is 2. The summed E-state index contributed by atoms with van der Waals surface area (Å²) >= 11 is 0. The molecule has 0 bridgehead atoms. The van der Waals surface area contributed by atoms with Crippen LogP contribution in [0.4, 0.5) is 0 Å². The van der Waals surface area contributed by atoms with Crippen LogP contribution in [0.5, 0.6) is 0 Å². The van der Waals surface area contributed by atoms with E-state index in [1.807, 2.05) is 0 Å². The van der Waals surface area contributed by atoms with Crippen LogP contribution in [-0.2, 0) is 9.47 Å². The highest BCUT2D eigenvalue weighted by Crippen LogP contribution is 2.39. The van der Waals surface area contributed by atoms with Crippen molar-refractivity contribution in [2.45, 2.75) is 38.9 Å². The van der Waals surface area contributed by atoms with Crippen molar-refractivity contribution in [1.29, 1.82) is 0 Å². The highest BCUT2D eigenvalue weighted by Gasteiger charge is 2.43. The summed E-state index contributed by atoms with van der Waals surface area (Å²) < 4.78 is 11.4. The molecule has 0 N–H and O–H groups in total. The van der Waals surface area contributed by atoms with Crippen LogP contribution >= 0.6 is 0 Å². The van der Waals surface area contributed by atoms with Gasteiger partial charge in [0, 0.05) is 11.8 Å². The van der Waals surface area contributed by atoms with E-state index in [9.17, 15) is 0 Å². The van der Waals surface area contributed by atoms with Gasteiger partial charge in [0.25, 0.3) is 0 Å². The lowest BCUT2D eigenvalue weighted by Gasteiger charge is -2.35. The highest BCUT2D eigenvalue weighted by atomic mass is 16.5. The molecule has 1 saturated carbocycles. The Morgan fingerprint density at radius 1 is 0.875 bits per heavy atom. The third-order valence-corrected chi connectivity index (χ3v) is 3.56. The lowest BCUT2D eigenvalue weighted by molar-refractivity contribution is 0.169. The number of hydrogen-bond donors (Lipinski definition) is 0. The van der Waals surface area contributed by atoms with E-state index in [4.69, 9.17) is 9.47 Å². The molecule has 88 valence electrons. The molecule has 2 heterocycles. The quantitative estimate of drug-likeness (QED) is 0.713. The van der Waals surface area contributed by atoms with E-state index < -0.39 is 0 Å². The molecule has 0 amide bonds. The summed E-state index contributed by atoms with van der Waals surface area (Å²) in [5.41, 5.74) is 0. The van der Waals surface area contributed by atoms with Crippen LogP contribution in [0.2, 0.25) is 0 Å². The van der Waals surface area contributed by atoms with Crippen LogP contribution in [0.3, 0.4) is 0 Å². The molecule has 0 saturated heterocycles. The molecule has 3 rings (SSSR count). The van der Waals surface area contributed by atoms with E-state index in [-0.39, 0.29) is 12.2 Å². The molecule has 2 aliphatic heterocycles. The molecule has 4 unspecified atom stereocenters. The van der Waals surface area contributed by atoms with Gasteiger partial charge in [-0.05, 0) is 26.7 Å². The smallest absolute Gasteiger partial charge is 0.187 e. The Bertz CT molecular complexity index is 317. The van der Waals surface area contributed by atoms with E-state index in [0.29, 0.717) is 11.8 Å². The molecular formula is C12H18N2O2. The fraction of sp³-hybridized carbons (Fsp3) is 0.833. The second-order valence-electron chi connectivity index (χ2n) is 5.01. The number of rotatable bonds is 2. The normalized spacial score (nSPS) is 41.9. The topological polar surface area (TPSA) is 43.2 Å². The van der Waals surface area contributed by atoms with Crippen molar-refractivity contribution >= 4 is 11.8 Å². The summed E-state index contributed by atoms with van der Waals surface area (Å²) in [4.78, 5) is 8.93. The Morgan fingerprint density at radius 2 is 1.31 bits per heavy atom. The zero-order valence-corrected chi connectivity index (χ0v) is 9.85. The molecule has 0 aromatic heterocycles. The Hall–Kier alpha value is -1.06. The Kier molecular flexibility index (Phi) is 2.37. The average Bonchev–Trinajstić information content (AvgIpc) is 2.75. The van der Waals surface area contributed by atoms with Crippen LogP contribution in [0.1, 0.15) is 26.7 Å². The first-order valence-electron chi connectivity index (χ1n) is 6.16. The van der Waals surface area contributed by atoms with Gasteiger partial charge in [-0.3, -0.25) is 9.98 Å². The lowest BCUT2D eigenvalue weighted by Crippen LogP contribution is -2.39. The maximum absolute atomic E-state index is 5.72. The maximum atomic E-state index is 5.72. The third kappa shape index (κ3) is 1.60. The first kappa shape index (κ1) is 10.1. The van der Waals surface area contributed by atoms with Crippen LogP contribution in [0.15, 0.2) is 9.98 Å². The number of hydrogen-bond acceptors (Lipinski definition) is 4. The van der Waals surface area contributed by atoms with Gasteiger partial charge in [-0.25, -0.2) is 0 Å². The van der Waals surface area contributed by atoms with Crippen LogP contribution in [-0.4, -0.2) is 37.1 Å². The van der Waals surface area contributed by atoms with Crippen LogP contribution in [0, 0.1) is 11.8 Å². The Balaban J connectivity index is 1.66. The van der Waals surface area contributed by atoms with Crippen LogP contribution in [0.25, 0.3) is 0 Å². The fourth-order valence-corrected chi connectivity index (χ4v) is 2.50. The molecule has 3 aliphatic rings. The van der Waals surface area contributed by atoms with Gasteiger partial charge in [0.15, 0.2) is 11.8 Å². The minimum Gasteiger partial charge on any atom is -0.476 e. The monoisotopic (exact) mass is 222 g/mol. The third-order valence-electron chi connectivity index (χ3n) is 3.56. The molecule has 0 spiro atoms. The fourth-order valence-electron chi connectivity index (χ4n) is 2.50. The van der Waals surface area contributed by atoms with Gasteiger partial charge in [-0.1, -0.05) is 0 Å². The summed E-state index contributed by atoms with van der Waals surface area (Å²) in [6, 6.07) is 0. The molecule has 4 nitrogen and oxygen atoms in total. The SMILES string of the molecule is CC1CN=C(C2CCC2C2=NCC(C)O2)O1. The first-order chi connectivity index (χ1) is 7.74. The van der Waals surface area contributed by atoms with Crippen molar-refractivity contribution in [2.24, 2.45) is 21.8 Å². The average molecular weight is 222 g/mol. The predicted molar refractivity (Wildman–Crippen MR) is 61.9 cm³/mol. The summed E-state index contributed by atoms with van der Waals surface area (Å²) in [5.74, 6) is 2.73. The standard InChI is InChI=1S/C12H18N2O2/c1-7-5-13-11(15-7)9-3-4-10(9)12-14-6-8(2)16-12/h7-10H,3-6H2,1-2H3. The van der Waals surface area contributed by atoms with Gasteiger partial charge < -0.3 is 9.47 Å². The zero-order valence-electron chi connectivity index (χ0n) is 9.85. The summed E-state index contributed by atoms with van der Waals surface area (Å²) in [6.45, 7) is 5.75. The minimum absolute atomic E-state index is 0.251. The molecule has 0 aromatic rings. The van der Waals surface area contributed by atoms with Crippen molar-refractivity contribution in [3.63, 3.8) is 0 Å². The van der Waals surface area contributed by atoms with Crippen molar-refractivity contribution in [2.75, 3.05) is 13.1 Å². The van der Waals surface area contributed by atoms with Gasteiger partial charge in [-0.2, -0.15) is 0 Å². The van der Waals surface area contributed by atoms with E-state index in [2.05, 4.69) is 23.8 Å². The molecule has 4 heteroatoms. The van der Waals surface area contributed by atoms with Gasteiger partial charge in [0.1, 0.15) is 12.2 Å². The summed E-state index contributed by atoms with van der Waals surface area (Å²) in [7, 11) is 0. The van der Waals surface area contributed by atoms with E-state index in [1.54, 1.807) is 0 Å². The molecule has 1 fully saturated rings. The van der Waals surface area contributed by atoms with Crippen molar-refractivity contribution < 1.29 is 9.47 Å². The number of ether oxygens (including phenoxy) is 2. The molecule has 16 heavy (non-hydrogen) atoms. The van der Waals surface area contributed by atoms with Gasteiger partial charge in [0.2, 0.25) is 0 Å². The molecule has 0 aromatic carbocycles. The Morgan fingerprint density at radius 3 is 1.56 bits per heavy atom. The van der Waals surface area contributed by atoms with E-state index in [1.165, 1.54) is 0 Å². The van der Waals surface area contributed by atoms with E-state index >= 15 is 0 Å². The molecule has 0 radical (unpaired) electrons. The van der Waals surface area contributed by atoms with Gasteiger partial charge in [0.05, 0.1) is 13.1 Å². The van der Waals surface area contributed by atoms with Gasteiger partial charge >= 0.3 is 0 Å². The predicted octanol–water partition coefficient (Wildman–Crippen LogP) is 1.65. The van der Waals surface area contributed by atoms with Crippen molar-refractivity contribution in [3.8, 4) is 0 Å². The zero-order chi connectivity index (χ0) is 11.1. The largest absolute Gasteiger partial charge is 0.476 e. The summed E-state index contributed by atoms with van der Waals surface area (Å²) in [5, 5.41) is 0.